The summed E-state index contributed by atoms with van der Waals surface area (Å²) in [6.07, 6.45) is 0. The Balaban J connectivity index is 1.85. The van der Waals surface area contributed by atoms with E-state index in [9.17, 15) is 0 Å². The quantitative estimate of drug-likeness (QED) is 0.475. The summed E-state index contributed by atoms with van der Waals surface area (Å²) in [5.41, 5.74) is 8.82. The summed E-state index contributed by atoms with van der Waals surface area (Å²) in [5.74, 6) is 1.18. The molecule has 3 rings (SSSR count). The maximum atomic E-state index is 8.82. The first-order valence-electron chi connectivity index (χ1n) is 6.45. The van der Waals surface area contributed by atoms with Crippen LogP contribution in [0.1, 0.15) is 0 Å². The fourth-order valence-corrected chi connectivity index (χ4v) is 1.91. The van der Waals surface area contributed by atoms with E-state index in [1.165, 1.54) is 0 Å². The molecule has 0 atom stereocenters. The number of fused-ring (bicyclic) bond motifs is 1. The minimum absolute atomic E-state index is 0.0393. The van der Waals surface area contributed by atoms with Crippen LogP contribution in [0.3, 0.4) is 0 Å². The minimum atomic E-state index is 0.0393. The molecule has 0 spiro atoms. The van der Waals surface area contributed by atoms with Crippen LogP contribution in [0.25, 0.3) is 11.0 Å². The molecule has 3 aromatic rings. The van der Waals surface area contributed by atoms with Gasteiger partial charge in [0.1, 0.15) is 16.9 Å². The summed E-state index contributed by atoms with van der Waals surface area (Å²) in [5, 5.41) is 25.6. The van der Waals surface area contributed by atoms with Crippen molar-refractivity contribution in [1.82, 2.24) is 20.4 Å². The van der Waals surface area contributed by atoms with Crippen LogP contribution in [-0.4, -0.2) is 38.7 Å². The van der Waals surface area contributed by atoms with Gasteiger partial charge in [0.25, 0.3) is 0 Å². The molecule has 0 saturated carbocycles. The lowest BCUT2D eigenvalue weighted by Crippen LogP contribution is -2.08. The van der Waals surface area contributed by atoms with Crippen molar-refractivity contribution in [2.24, 2.45) is 0 Å². The number of hydrogen-bond acceptors (Lipinski definition) is 7. The molecule has 0 aliphatic heterocycles. The van der Waals surface area contributed by atoms with E-state index < -0.39 is 0 Å². The first-order chi connectivity index (χ1) is 10.3. The van der Waals surface area contributed by atoms with Gasteiger partial charge in [0.2, 0.25) is 0 Å². The fourth-order valence-electron chi connectivity index (χ4n) is 1.91. The standard InChI is InChI=1S/C13H15N7O/c14-9-2-4-12(15-5-6-21)17-13(9)16-8-1-3-10-11(7-8)19-20-18-10/h1-4,7,21H,5-6,14H2,(H2,15,16,17)(H,18,19,20). The van der Waals surface area contributed by atoms with E-state index in [4.69, 9.17) is 10.8 Å². The normalized spacial score (nSPS) is 10.7. The average molecular weight is 285 g/mol. The number of aliphatic hydroxyl groups is 1. The number of anilines is 4. The number of hydrogen-bond donors (Lipinski definition) is 5. The van der Waals surface area contributed by atoms with Gasteiger partial charge >= 0.3 is 0 Å². The maximum Gasteiger partial charge on any atom is 0.156 e. The Morgan fingerprint density at radius 1 is 1.14 bits per heavy atom. The molecule has 6 N–H and O–H groups in total. The van der Waals surface area contributed by atoms with E-state index in [0.29, 0.717) is 23.9 Å². The van der Waals surface area contributed by atoms with Crippen LogP contribution in [0.2, 0.25) is 0 Å². The van der Waals surface area contributed by atoms with Gasteiger partial charge in [0.05, 0.1) is 12.3 Å². The second kappa shape index (κ2) is 5.63. The van der Waals surface area contributed by atoms with Gasteiger partial charge in [0, 0.05) is 12.2 Å². The lowest BCUT2D eigenvalue weighted by Gasteiger charge is -2.11. The third kappa shape index (κ3) is 2.84. The van der Waals surface area contributed by atoms with Crippen LogP contribution in [-0.2, 0) is 0 Å². The number of aliphatic hydroxyl groups excluding tert-OH is 1. The highest BCUT2D eigenvalue weighted by Crippen LogP contribution is 2.24. The van der Waals surface area contributed by atoms with Gasteiger partial charge in [-0.25, -0.2) is 4.98 Å². The van der Waals surface area contributed by atoms with E-state index in [2.05, 4.69) is 31.0 Å². The molecule has 0 saturated heterocycles. The Kier molecular flexibility index (Phi) is 3.52. The van der Waals surface area contributed by atoms with Gasteiger partial charge < -0.3 is 21.5 Å². The van der Waals surface area contributed by atoms with Gasteiger partial charge in [-0.3, -0.25) is 0 Å². The van der Waals surface area contributed by atoms with Crippen LogP contribution in [0, 0.1) is 0 Å². The Bertz CT molecular complexity index is 755. The van der Waals surface area contributed by atoms with Crippen molar-refractivity contribution in [3.05, 3.63) is 30.3 Å². The number of nitrogens with two attached hydrogens (primary N) is 1. The number of aromatic nitrogens is 4. The van der Waals surface area contributed by atoms with Crippen LogP contribution in [0.4, 0.5) is 23.0 Å². The molecule has 2 aromatic heterocycles. The fraction of sp³-hybridized carbons (Fsp3) is 0.154. The number of rotatable bonds is 5. The highest BCUT2D eigenvalue weighted by molar-refractivity contribution is 5.80. The SMILES string of the molecule is Nc1ccc(NCCO)nc1Nc1ccc2n[nH]nc2c1. The molecule has 0 unspecified atom stereocenters. The molecule has 8 heteroatoms. The number of nitrogens with zero attached hydrogens (tertiary/aromatic N) is 3. The number of benzene rings is 1. The van der Waals surface area contributed by atoms with Crippen molar-refractivity contribution in [1.29, 1.82) is 0 Å². The average Bonchev–Trinajstić information content (AvgIpc) is 2.95. The molecular formula is C13H15N7O. The van der Waals surface area contributed by atoms with Gasteiger partial charge in [-0.1, -0.05) is 0 Å². The summed E-state index contributed by atoms with van der Waals surface area (Å²) < 4.78 is 0. The van der Waals surface area contributed by atoms with E-state index in [1.54, 1.807) is 12.1 Å². The van der Waals surface area contributed by atoms with E-state index in [-0.39, 0.29) is 6.61 Å². The van der Waals surface area contributed by atoms with Crippen LogP contribution < -0.4 is 16.4 Å². The summed E-state index contributed by atoms with van der Waals surface area (Å²) in [7, 11) is 0. The molecule has 0 bridgehead atoms. The third-order valence-electron chi connectivity index (χ3n) is 2.92. The number of nitrogens with one attached hydrogen (secondary N) is 3. The zero-order valence-electron chi connectivity index (χ0n) is 11.2. The molecular weight excluding hydrogens is 270 g/mol. The number of pyridine rings is 1. The van der Waals surface area contributed by atoms with Crippen molar-refractivity contribution < 1.29 is 5.11 Å². The zero-order chi connectivity index (χ0) is 14.7. The molecule has 0 radical (unpaired) electrons. The van der Waals surface area contributed by atoms with Crippen molar-refractivity contribution in [3.8, 4) is 0 Å². The maximum absolute atomic E-state index is 8.82. The molecule has 0 aliphatic carbocycles. The summed E-state index contributed by atoms with van der Waals surface area (Å²) in [4.78, 5) is 4.37. The van der Waals surface area contributed by atoms with Crippen molar-refractivity contribution in [2.75, 3.05) is 29.5 Å². The molecule has 108 valence electrons. The van der Waals surface area contributed by atoms with Crippen LogP contribution >= 0.6 is 0 Å². The molecule has 0 aliphatic rings. The summed E-state index contributed by atoms with van der Waals surface area (Å²) in [6.45, 7) is 0.471. The highest BCUT2D eigenvalue weighted by atomic mass is 16.3. The summed E-state index contributed by atoms with van der Waals surface area (Å²) >= 11 is 0. The molecule has 1 aromatic carbocycles. The highest BCUT2D eigenvalue weighted by Gasteiger charge is 2.05. The van der Waals surface area contributed by atoms with Gasteiger partial charge in [-0.05, 0) is 30.3 Å². The van der Waals surface area contributed by atoms with Crippen LogP contribution in [0.15, 0.2) is 30.3 Å². The Hall–Kier alpha value is -2.87. The third-order valence-corrected chi connectivity index (χ3v) is 2.92. The van der Waals surface area contributed by atoms with Gasteiger partial charge in [0.15, 0.2) is 5.82 Å². The van der Waals surface area contributed by atoms with Crippen molar-refractivity contribution in [3.63, 3.8) is 0 Å². The molecule has 8 nitrogen and oxygen atoms in total. The van der Waals surface area contributed by atoms with E-state index >= 15 is 0 Å². The summed E-state index contributed by atoms with van der Waals surface area (Å²) in [6, 6.07) is 9.10. The predicted molar refractivity (Wildman–Crippen MR) is 81.4 cm³/mol. The lowest BCUT2D eigenvalue weighted by atomic mass is 10.2. The molecule has 2 heterocycles. The monoisotopic (exact) mass is 285 g/mol. The lowest BCUT2D eigenvalue weighted by molar-refractivity contribution is 0.311. The van der Waals surface area contributed by atoms with E-state index in [0.717, 1.165) is 16.7 Å². The van der Waals surface area contributed by atoms with Crippen molar-refractivity contribution in [2.45, 2.75) is 0 Å². The minimum Gasteiger partial charge on any atom is -0.396 e. The zero-order valence-corrected chi connectivity index (χ0v) is 11.2. The second-order valence-corrected chi connectivity index (χ2v) is 4.44. The molecule has 0 amide bonds. The Labute approximate surface area is 120 Å². The Morgan fingerprint density at radius 2 is 2.00 bits per heavy atom. The Morgan fingerprint density at radius 3 is 2.86 bits per heavy atom. The largest absolute Gasteiger partial charge is 0.396 e. The number of H-pyrrole nitrogens is 1. The van der Waals surface area contributed by atoms with Gasteiger partial charge in [-0.2, -0.15) is 15.4 Å². The van der Waals surface area contributed by atoms with Gasteiger partial charge in [-0.15, -0.1) is 0 Å². The van der Waals surface area contributed by atoms with E-state index in [1.807, 2.05) is 18.2 Å². The topological polar surface area (TPSA) is 125 Å². The molecule has 0 fully saturated rings. The second-order valence-electron chi connectivity index (χ2n) is 4.44. The smallest absolute Gasteiger partial charge is 0.156 e. The predicted octanol–water partition coefficient (Wildman–Crippen LogP) is 1.08. The first-order valence-corrected chi connectivity index (χ1v) is 6.45. The molecule has 21 heavy (non-hydrogen) atoms. The number of aromatic amines is 1. The van der Waals surface area contributed by atoms with Crippen molar-refractivity contribution >= 4 is 34.0 Å². The number of nitrogen functional groups attached to an aromatic ring is 1. The first kappa shape index (κ1) is 13.1. The van der Waals surface area contributed by atoms with Crippen LogP contribution in [0.5, 0.6) is 0 Å².